The normalized spacial score (nSPS) is 11.6. The fourth-order valence-electron chi connectivity index (χ4n) is 6.25. The van der Waals surface area contributed by atoms with E-state index < -0.39 is 0 Å². The van der Waals surface area contributed by atoms with Crippen LogP contribution in [0.4, 0.5) is 0 Å². The highest BCUT2D eigenvalue weighted by molar-refractivity contribution is 5.88. The number of nitrogens with zero attached hydrogens (tertiary/aromatic N) is 16. The first-order valence-electron chi connectivity index (χ1n) is 41.6. The maximum atomic E-state index is 11.0. The Morgan fingerprint density at radius 3 is 0.906 bits per heavy atom. The zero-order valence-corrected chi connectivity index (χ0v) is 80.8. The van der Waals surface area contributed by atoms with Crippen molar-refractivity contribution in [2.24, 2.45) is 113 Å². The molecule has 0 fully saturated rings. The molecule has 33 nitrogen and oxygen atoms in total. The number of nitrogens with two attached hydrogens (primary N) is 4. The van der Waals surface area contributed by atoms with Crippen LogP contribution in [0.5, 0.6) is 0 Å². The molecule has 0 aliphatic carbocycles. The Kier molecular flexibility index (Phi) is 77.4. The van der Waals surface area contributed by atoms with Crippen LogP contribution in [0.1, 0.15) is 367 Å². The maximum absolute atomic E-state index is 11.0. The van der Waals surface area contributed by atoms with Gasteiger partial charge in [0, 0.05) is 125 Å². The summed E-state index contributed by atoms with van der Waals surface area (Å²) in [7, 11) is 0. The number of carbonyl (C=O) groups excluding carboxylic acids is 5. The number of H-pyrrole nitrogens is 5. The molecule has 0 bridgehead atoms. The fraction of sp³-hybridized carbons (Fsp3) is 0.774. The number of ketones is 1. The summed E-state index contributed by atoms with van der Waals surface area (Å²) in [6.45, 7) is 84.7. The number of aromatic amines is 5. The number of tetrazole rings is 3. The summed E-state index contributed by atoms with van der Waals surface area (Å²) in [6.07, 6.45) is 8.10. The number of amidine groups is 2. The number of aliphatic hydroxyl groups is 1. The number of hydrogen-bond donors (Lipinski definition) is 12. The molecule has 33 heteroatoms. The number of hydrogen-bond acceptors (Lipinski definition) is 22. The van der Waals surface area contributed by atoms with Crippen LogP contribution in [0.3, 0.4) is 0 Å². The highest BCUT2D eigenvalue weighted by Gasteiger charge is 2.12. The average molecular weight is 1660 g/mol. The Hall–Kier alpha value is -9.07. The van der Waals surface area contributed by atoms with Gasteiger partial charge in [0.1, 0.15) is 18.2 Å². The molecule has 0 spiro atoms. The third-order valence-corrected chi connectivity index (χ3v) is 14.1. The van der Waals surface area contributed by atoms with Gasteiger partial charge in [0.25, 0.3) is 0 Å². The lowest BCUT2D eigenvalue weighted by Crippen LogP contribution is -2.33. The van der Waals surface area contributed by atoms with Crippen LogP contribution < -0.4 is 33.6 Å². The molecule has 4 amide bonds. The smallest absolute Gasteiger partial charge is 0.222 e. The van der Waals surface area contributed by atoms with Crippen molar-refractivity contribution in [1.82, 2.24) is 92.4 Å². The van der Waals surface area contributed by atoms with Gasteiger partial charge in [-0.05, 0) is 96.3 Å². The van der Waals surface area contributed by atoms with Crippen LogP contribution in [-0.4, -0.2) is 164 Å². The molecule has 16 N–H and O–H groups in total. The third-order valence-electron chi connectivity index (χ3n) is 14.1. The van der Waals surface area contributed by atoms with Gasteiger partial charge in [-0.25, -0.2) is 9.97 Å². The summed E-state index contributed by atoms with van der Waals surface area (Å²) in [6, 6.07) is 1.18. The topological polar surface area (TPSA) is 516 Å². The van der Waals surface area contributed by atoms with Gasteiger partial charge in [-0.3, -0.25) is 34.0 Å². The Labute approximate surface area is 707 Å². The van der Waals surface area contributed by atoms with E-state index in [1.54, 1.807) is 34.0 Å². The Morgan fingerprint density at radius 2 is 0.795 bits per heavy atom. The monoisotopic (exact) mass is 1650 g/mol. The fourth-order valence-corrected chi connectivity index (χ4v) is 6.25. The number of amides is 4. The van der Waals surface area contributed by atoms with E-state index in [-0.39, 0.29) is 71.2 Å². The van der Waals surface area contributed by atoms with E-state index in [2.05, 4.69) is 201 Å². The number of aliphatic imine (C=N–C) groups is 2. The zero-order chi connectivity index (χ0) is 93.3. The largest absolute Gasteiger partial charge is 0.512 e. The molecule has 5 aromatic rings. The molecule has 0 unspecified atom stereocenters. The highest BCUT2D eigenvalue weighted by atomic mass is 16.3. The van der Waals surface area contributed by atoms with Crippen molar-refractivity contribution >= 4 is 46.8 Å². The van der Waals surface area contributed by atoms with Crippen LogP contribution >= 0.6 is 0 Å². The second kappa shape index (κ2) is 73.3. The second-order valence-electron chi connectivity index (χ2n) is 34.2. The lowest BCUT2D eigenvalue weighted by atomic mass is 9.99. The summed E-state index contributed by atoms with van der Waals surface area (Å²) in [4.78, 5) is 75.3. The Bertz CT molecular complexity index is 2970. The molecule has 0 aromatic carbocycles. The quantitative estimate of drug-likeness (QED) is 0.0174. The Morgan fingerprint density at radius 1 is 0.444 bits per heavy atom. The van der Waals surface area contributed by atoms with E-state index in [9.17, 15) is 24.0 Å². The maximum Gasteiger partial charge on any atom is 0.222 e. The standard InChI is InChI=1S/C9H16N2.2C8H16O.2C7H16N2.2C7H15NO.C6H10N2.C5H9N3.3C4H8N4.2C4H9NO/c1-6(2)8-5-10-9(11-8)7(3)4;2*1-6(2)5-8(9)7(3)4;2*1-5(2)7(8)9-6(3)4;2*1-5(2)7(9)8-6(3)4;1-5(2)6-3-7-4-8-6;1-4(2)5-3-6-8-7-5;3*1-3(2)4-5-7-8-6-4;2*1-3(2)4(5)6/h5-7H,1-4H3,(H,10,11);6-7H,5H2,1-4H3;5-7,9H,1-4H3;2*5-6H,1-4H3,(H2,8,9);2*5-6H,1-4H3,(H,8,9);3-5H,1-2H3,(H,7,8);4H,3H2,1-2H3;3*3H,1-2H3,(H,5,6,7,8);2*3H,1-2H3,(H2,5,6)/b;;8-5-;;;;;;;;;;;. The molecule has 678 valence electrons. The minimum Gasteiger partial charge on any atom is -0.512 e. The molecule has 0 saturated heterocycles. The number of nitrogens with one attached hydrogen (secondary N) is 7. The van der Waals surface area contributed by atoms with Crippen molar-refractivity contribution < 1.29 is 29.1 Å². The SMILES string of the molecule is CC(C)/C=C(\O)C(C)C.CC(C)C(N)=O.CC(C)C(N)=O.CC(C)C1=NN=NC1.CC(C)CC(=O)C(C)C.CC(C)N=C(N)C(C)C.CC(C)N=C(N)C(C)C.CC(C)NC(=O)C(C)C.CC(C)NC(=O)C(C)C.CC(C)c1cnc(C(C)C)[nH]1.CC(C)c1cnc[nH]1.CC(C)c1nn[nH]n1.CC(C)c1nn[nH]n1.CC(C)c1nn[nH]n1. The number of primary amides is 2. The van der Waals surface area contributed by atoms with Crippen LogP contribution in [-0.2, 0) is 24.0 Å². The number of imidazole rings is 2. The molecule has 6 rings (SSSR count). The van der Waals surface area contributed by atoms with Gasteiger partial charge in [0.05, 0.1) is 29.5 Å². The molecule has 1 aliphatic heterocycles. The third kappa shape index (κ3) is 83.2. The zero-order valence-electron chi connectivity index (χ0n) is 80.8. The summed E-state index contributed by atoms with van der Waals surface area (Å²) in [5.74, 6) is 11.2. The minimum atomic E-state index is -0.241. The first kappa shape index (κ1) is 124. The van der Waals surface area contributed by atoms with Gasteiger partial charge in [0.2, 0.25) is 23.6 Å². The number of rotatable bonds is 22. The molecule has 6 heterocycles. The molecule has 117 heavy (non-hydrogen) atoms. The summed E-state index contributed by atoms with van der Waals surface area (Å²) in [5.41, 5.74) is 24.2. The van der Waals surface area contributed by atoms with Crippen molar-refractivity contribution in [3.05, 3.63) is 65.2 Å². The van der Waals surface area contributed by atoms with Crippen LogP contribution in [0, 0.1) is 65.1 Å². The summed E-state index contributed by atoms with van der Waals surface area (Å²) in [5, 5.41) is 65.8. The first-order valence-corrected chi connectivity index (χ1v) is 41.6. The lowest BCUT2D eigenvalue weighted by molar-refractivity contribution is -0.125. The van der Waals surface area contributed by atoms with Gasteiger partial charge >= 0.3 is 0 Å². The molecule has 0 radical (unpaired) electrons. The number of carbonyl (C=O) groups is 5. The van der Waals surface area contributed by atoms with Gasteiger partial charge in [-0.15, -0.1) is 35.7 Å². The van der Waals surface area contributed by atoms with Crippen molar-refractivity contribution in [2.45, 2.75) is 357 Å². The number of allylic oxidation sites excluding steroid dienone is 2. The van der Waals surface area contributed by atoms with Crippen molar-refractivity contribution in [2.75, 3.05) is 6.54 Å². The van der Waals surface area contributed by atoms with Crippen LogP contribution in [0.2, 0.25) is 0 Å². The van der Waals surface area contributed by atoms with E-state index in [0.717, 1.165) is 47.1 Å². The number of aromatic nitrogens is 16. The first-order chi connectivity index (χ1) is 53.6. The highest BCUT2D eigenvalue weighted by Crippen LogP contribution is 2.16. The number of Topliss-reactive ketones (excluding diaryl/α,β-unsaturated/α-hetero) is 1. The molecular weight excluding hydrogens is 1480 g/mol. The van der Waals surface area contributed by atoms with E-state index in [1.807, 2.05) is 198 Å². The van der Waals surface area contributed by atoms with Crippen LogP contribution in [0.15, 0.2) is 56.0 Å². The summed E-state index contributed by atoms with van der Waals surface area (Å²) >= 11 is 0. The van der Waals surface area contributed by atoms with Gasteiger partial charge in [0.15, 0.2) is 17.5 Å². The predicted molar refractivity (Wildman–Crippen MR) is 483 cm³/mol. The van der Waals surface area contributed by atoms with E-state index in [1.165, 1.54) is 11.4 Å². The Balaban J connectivity index is -0.000000183. The van der Waals surface area contributed by atoms with Gasteiger partial charge in [-0.1, -0.05) is 251 Å². The van der Waals surface area contributed by atoms with Gasteiger partial charge < -0.3 is 48.6 Å². The predicted octanol–water partition coefficient (Wildman–Crippen LogP) is 17.0. The van der Waals surface area contributed by atoms with Crippen molar-refractivity contribution in [1.29, 1.82) is 0 Å². The minimum absolute atomic E-state index is 0.00926. The second-order valence-corrected chi connectivity index (χ2v) is 34.2. The van der Waals surface area contributed by atoms with Gasteiger partial charge in [-0.2, -0.15) is 20.8 Å². The number of aliphatic hydroxyl groups excluding tert-OH is 1. The molecule has 0 saturated carbocycles. The van der Waals surface area contributed by atoms with Crippen molar-refractivity contribution in [3.8, 4) is 0 Å². The average Bonchev–Trinajstić information content (AvgIpc) is 1.76. The molecule has 1 aliphatic rings. The lowest BCUT2D eigenvalue weighted by Gasteiger charge is -2.09. The van der Waals surface area contributed by atoms with E-state index in [0.29, 0.717) is 95.3 Å². The van der Waals surface area contributed by atoms with Crippen molar-refractivity contribution in [3.63, 3.8) is 0 Å². The van der Waals surface area contributed by atoms with E-state index in [4.69, 9.17) is 28.0 Å². The molecule has 0 atom stereocenters. The molecular formula is C84H171N27O6. The van der Waals surface area contributed by atoms with E-state index >= 15 is 0 Å². The van der Waals surface area contributed by atoms with Crippen LogP contribution in [0.25, 0.3) is 0 Å². The summed E-state index contributed by atoms with van der Waals surface area (Å²) < 4.78 is 0. The molecule has 5 aromatic heterocycles.